The van der Waals surface area contributed by atoms with E-state index in [1.54, 1.807) is 18.6 Å². The molecule has 2 aromatic rings. The highest BCUT2D eigenvalue weighted by atomic mass is 16.3. The molecular formula is C20H30N4O2. The molecule has 142 valence electrons. The van der Waals surface area contributed by atoms with Crippen molar-refractivity contribution >= 4 is 5.91 Å². The van der Waals surface area contributed by atoms with Gasteiger partial charge in [0, 0.05) is 18.7 Å². The van der Waals surface area contributed by atoms with Crippen molar-refractivity contribution in [3.05, 3.63) is 46.8 Å². The van der Waals surface area contributed by atoms with Crippen molar-refractivity contribution in [1.29, 1.82) is 0 Å². The van der Waals surface area contributed by atoms with E-state index in [0.29, 0.717) is 31.0 Å². The van der Waals surface area contributed by atoms with Gasteiger partial charge in [0.2, 0.25) is 0 Å². The molecule has 0 radical (unpaired) electrons. The van der Waals surface area contributed by atoms with Crippen LogP contribution in [0.3, 0.4) is 0 Å². The fourth-order valence-electron chi connectivity index (χ4n) is 3.10. The number of amides is 1. The number of rotatable bonds is 8. The zero-order chi connectivity index (χ0) is 19.3. The lowest BCUT2D eigenvalue weighted by atomic mass is 10.0. The minimum atomic E-state index is -1.03. The van der Waals surface area contributed by atoms with Crippen molar-refractivity contribution in [2.24, 2.45) is 0 Å². The van der Waals surface area contributed by atoms with Gasteiger partial charge in [-0.05, 0) is 45.7 Å². The second-order valence-corrected chi connectivity index (χ2v) is 7.08. The summed E-state index contributed by atoms with van der Waals surface area (Å²) in [6.45, 7) is 11.0. The molecule has 1 aromatic carbocycles. The van der Waals surface area contributed by atoms with Crippen LogP contribution in [0.2, 0.25) is 0 Å². The van der Waals surface area contributed by atoms with E-state index >= 15 is 0 Å². The topological polar surface area (TPSA) is 71.2 Å². The van der Waals surface area contributed by atoms with E-state index in [9.17, 15) is 9.90 Å². The van der Waals surface area contributed by atoms with Crippen molar-refractivity contribution in [3.63, 3.8) is 0 Å². The lowest BCUT2D eigenvalue weighted by molar-refractivity contribution is 0.0710. The molecule has 0 saturated carbocycles. The largest absolute Gasteiger partial charge is 0.384 e. The van der Waals surface area contributed by atoms with Crippen LogP contribution >= 0.6 is 0 Å². The number of aryl methyl sites for hydroxylation is 2. The summed E-state index contributed by atoms with van der Waals surface area (Å²) in [7, 11) is 0. The molecule has 1 N–H and O–H groups in total. The number of aromatic nitrogens is 3. The SMILES string of the molecule is CCCc1ccccc1C(=O)N(CC)CCn1nc(C)c(C(C)(C)O)n1. The Morgan fingerprint density at radius 3 is 2.50 bits per heavy atom. The number of carbonyl (C=O) groups excluding carboxylic acids is 1. The molecule has 0 atom stereocenters. The maximum Gasteiger partial charge on any atom is 0.254 e. The van der Waals surface area contributed by atoms with Crippen molar-refractivity contribution in [2.45, 2.75) is 59.6 Å². The maximum atomic E-state index is 13.0. The summed E-state index contributed by atoms with van der Waals surface area (Å²) >= 11 is 0. The van der Waals surface area contributed by atoms with Crippen LogP contribution in [0, 0.1) is 6.92 Å². The highest BCUT2D eigenvalue weighted by Gasteiger charge is 2.24. The van der Waals surface area contributed by atoms with Crippen LogP contribution < -0.4 is 0 Å². The van der Waals surface area contributed by atoms with E-state index in [0.717, 1.165) is 24.0 Å². The van der Waals surface area contributed by atoms with Gasteiger partial charge in [0.1, 0.15) is 11.3 Å². The Hall–Kier alpha value is -2.21. The maximum absolute atomic E-state index is 13.0. The average Bonchev–Trinajstić information content (AvgIpc) is 2.97. The lowest BCUT2D eigenvalue weighted by Crippen LogP contribution is -2.34. The van der Waals surface area contributed by atoms with Gasteiger partial charge in [-0.15, -0.1) is 0 Å². The molecule has 0 saturated heterocycles. The third-order valence-corrected chi connectivity index (χ3v) is 4.41. The predicted octanol–water partition coefficient (Wildman–Crippen LogP) is 2.93. The van der Waals surface area contributed by atoms with E-state index in [2.05, 4.69) is 17.1 Å². The third-order valence-electron chi connectivity index (χ3n) is 4.41. The number of likely N-dealkylation sites (N-methyl/N-ethyl adjacent to an activating group) is 1. The molecule has 1 aromatic heterocycles. The van der Waals surface area contributed by atoms with E-state index < -0.39 is 5.60 Å². The first-order chi connectivity index (χ1) is 12.3. The molecule has 0 aliphatic carbocycles. The molecule has 0 aliphatic heterocycles. The van der Waals surface area contributed by atoms with Crippen LogP contribution in [0.1, 0.15) is 61.4 Å². The normalized spacial score (nSPS) is 11.6. The zero-order valence-electron chi connectivity index (χ0n) is 16.5. The molecule has 0 fully saturated rings. The fourth-order valence-corrected chi connectivity index (χ4v) is 3.10. The van der Waals surface area contributed by atoms with Crippen LogP contribution in [0.25, 0.3) is 0 Å². The van der Waals surface area contributed by atoms with Crippen LogP contribution in [0.5, 0.6) is 0 Å². The van der Waals surface area contributed by atoms with Crippen molar-refractivity contribution in [2.75, 3.05) is 13.1 Å². The highest BCUT2D eigenvalue weighted by molar-refractivity contribution is 5.95. The van der Waals surface area contributed by atoms with Crippen molar-refractivity contribution in [3.8, 4) is 0 Å². The van der Waals surface area contributed by atoms with Gasteiger partial charge in [0.25, 0.3) is 5.91 Å². The van der Waals surface area contributed by atoms with Gasteiger partial charge in [0.05, 0.1) is 12.2 Å². The van der Waals surface area contributed by atoms with Crippen LogP contribution in [0.15, 0.2) is 24.3 Å². The molecule has 2 rings (SSSR count). The second kappa shape index (κ2) is 8.45. The molecule has 0 spiro atoms. The second-order valence-electron chi connectivity index (χ2n) is 7.08. The van der Waals surface area contributed by atoms with Crippen LogP contribution in [0.4, 0.5) is 0 Å². The number of carbonyl (C=O) groups is 1. The number of aliphatic hydroxyl groups is 1. The molecule has 0 unspecified atom stereocenters. The molecule has 0 bridgehead atoms. The third kappa shape index (κ3) is 4.69. The Morgan fingerprint density at radius 2 is 1.92 bits per heavy atom. The van der Waals surface area contributed by atoms with Gasteiger partial charge in [-0.1, -0.05) is 31.5 Å². The number of hydrogen-bond acceptors (Lipinski definition) is 4. The summed E-state index contributed by atoms with van der Waals surface area (Å²) in [6.07, 6.45) is 1.90. The summed E-state index contributed by atoms with van der Waals surface area (Å²) < 4.78 is 0. The molecule has 26 heavy (non-hydrogen) atoms. The minimum absolute atomic E-state index is 0.0446. The average molecular weight is 358 g/mol. The Bertz CT molecular complexity index is 747. The monoisotopic (exact) mass is 358 g/mol. The van der Waals surface area contributed by atoms with Gasteiger partial charge in [-0.3, -0.25) is 4.79 Å². The summed E-state index contributed by atoms with van der Waals surface area (Å²) in [6, 6.07) is 7.82. The molecule has 0 aliphatic rings. The molecular weight excluding hydrogens is 328 g/mol. The van der Waals surface area contributed by atoms with E-state index in [1.807, 2.05) is 43.0 Å². The van der Waals surface area contributed by atoms with Crippen molar-refractivity contribution in [1.82, 2.24) is 19.9 Å². The first-order valence-electron chi connectivity index (χ1n) is 9.29. The summed E-state index contributed by atoms with van der Waals surface area (Å²) in [5, 5.41) is 18.9. The van der Waals surface area contributed by atoms with E-state index in [4.69, 9.17) is 0 Å². The van der Waals surface area contributed by atoms with Gasteiger partial charge in [0.15, 0.2) is 0 Å². The lowest BCUT2D eigenvalue weighted by Gasteiger charge is -2.22. The Labute approximate surface area is 155 Å². The summed E-state index contributed by atoms with van der Waals surface area (Å²) in [5.74, 6) is 0.0446. The van der Waals surface area contributed by atoms with Gasteiger partial charge in [-0.25, -0.2) is 0 Å². The fraction of sp³-hybridized carbons (Fsp3) is 0.550. The Balaban J connectivity index is 2.12. The predicted molar refractivity (Wildman–Crippen MR) is 102 cm³/mol. The quantitative estimate of drug-likeness (QED) is 0.787. The van der Waals surface area contributed by atoms with Crippen LogP contribution in [-0.4, -0.2) is 44.0 Å². The first kappa shape index (κ1) is 20.1. The molecule has 1 heterocycles. The summed E-state index contributed by atoms with van der Waals surface area (Å²) in [5.41, 5.74) is 2.12. The Kier molecular flexibility index (Phi) is 6.53. The zero-order valence-corrected chi connectivity index (χ0v) is 16.5. The minimum Gasteiger partial charge on any atom is -0.384 e. The first-order valence-corrected chi connectivity index (χ1v) is 9.29. The number of benzene rings is 1. The molecule has 6 nitrogen and oxygen atoms in total. The number of nitrogens with zero attached hydrogens (tertiary/aromatic N) is 4. The van der Waals surface area contributed by atoms with Crippen LogP contribution in [-0.2, 0) is 18.6 Å². The standard InChI is InChI=1S/C20H30N4O2/c1-6-10-16-11-8-9-12-17(16)19(25)23(7-2)13-14-24-21-15(3)18(22-24)20(4,5)26/h8-9,11-12,26H,6-7,10,13-14H2,1-5H3. The van der Waals surface area contributed by atoms with Gasteiger partial charge >= 0.3 is 0 Å². The smallest absolute Gasteiger partial charge is 0.254 e. The Morgan fingerprint density at radius 1 is 1.23 bits per heavy atom. The highest BCUT2D eigenvalue weighted by Crippen LogP contribution is 2.19. The summed E-state index contributed by atoms with van der Waals surface area (Å²) in [4.78, 5) is 16.3. The van der Waals surface area contributed by atoms with E-state index in [-0.39, 0.29) is 5.91 Å². The van der Waals surface area contributed by atoms with Gasteiger partial charge < -0.3 is 10.0 Å². The van der Waals surface area contributed by atoms with Crippen molar-refractivity contribution < 1.29 is 9.90 Å². The number of hydrogen-bond donors (Lipinski definition) is 1. The van der Waals surface area contributed by atoms with Gasteiger partial charge in [-0.2, -0.15) is 15.0 Å². The van der Waals surface area contributed by atoms with E-state index in [1.165, 1.54) is 0 Å². The molecule has 6 heteroatoms. The molecule has 1 amide bonds.